The van der Waals surface area contributed by atoms with Crippen LogP contribution in [0.3, 0.4) is 0 Å². The van der Waals surface area contributed by atoms with Crippen molar-refractivity contribution in [3.8, 4) is 18.1 Å². The van der Waals surface area contributed by atoms with E-state index in [2.05, 4.69) is 74.7 Å². The van der Waals surface area contributed by atoms with Gasteiger partial charge in [-0.05, 0) is 118 Å². The number of rotatable bonds is 33. The summed E-state index contributed by atoms with van der Waals surface area (Å²) in [6.45, 7) is 7.32. The van der Waals surface area contributed by atoms with Gasteiger partial charge in [-0.25, -0.2) is 4.79 Å². The van der Waals surface area contributed by atoms with Gasteiger partial charge in [0.05, 0.1) is 44.0 Å². The van der Waals surface area contributed by atoms with Gasteiger partial charge in [-0.3, -0.25) is 95.9 Å². The van der Waals surface area contributed by atoms with Crippen LogP contribution in [0, 0.1) is 30.1 Å². The molecule has 0 spiro atoms. The largest absolute Gasteiger partial charge is 0.508 e. The van der Waals surface area contributed by atoms with E-state index in [9.17, 15) is 82.8 Å². The molecule has 3 aromatic carbocycles. The number of aromatic nitrogens is 2. The number of nitrogens with zero attached hydrogens (tertiary/aromatic N) is 6. The van der Waals surface area contributed by atoms with Crippen molar-refractivity contribution in [1.82, 2.24) is 97.9 Å². The molecule has 47 nitrogen and oxygen atoms in total. The quantitative estimate of drug-likeness (QED) is 0.0189. The molecule has 48 heteroatoms. The fraction of sp³-hybridized carbons (Fsp3) is 0.554. The van der Waals surface area contributed by atoms with E-state index in [0.717, 1.165) is 24.5 Å². The van der Waals surface area contributed by atoms with Gasteiger partial charge in [-0.2, -0.15) is 0 Å². The van der Waals surface area contributed by atoms with Crippen molar-refractivity contribution in [2.75, 3.05) is 78.5 Å². The highest BCUT2D eigenvalue weighted by Gasteiger charge is 2.47. The zero-order valence-corrected chi connectivity index (χ0v) is 86.4. The zero-order chi connectivity index (χ0) is 110. The van der Waals surface area contributed by atoms with Crippen LogP contribution in [-0.4, -0.2) is 348 Å². The lowest BCUT2D eigenvalue weighted by molar-refractivity contribution is -0.149. The Labute approximate surface area is 866 Å². The monoisotopic (exact) mass is 2100 g/mol. The number of benzene rings is 3. The first-order chi connectivity index (χ1) is 70.7. The molecule has 0 radical (unpaired) electrons. The van der Waals surface area contributed by atoms with Crippen molar-refractivity contribution in [3.05, 3.63) is 102 Å². The molecule has 5 heterocycles. The number of carboxylic acid groups (broad SMARTS) is 2. The fourth-order valence-electron chi connectivity index (χ4n) is 18.1. The highest BCUT2D eigenvalue weighted by atomic mass is 32.2. The second-order valence-corrected chi connectivity index (χ2v) is 39.6. The molecule has 3 fully saturated rings. The minimum Gasteiger partial charge on any atom is -0.508 e. The number of nitrogens with one attached hydrogen (secondary N) is 13. The molecule has 3 saturated heterocycles. The molecule has 0 aliphatic carbocycles. The predicted octanol–water partition coefficient (Wildman–Crippen LogP) is -2.81. The van der Waals surface area contributed by atoms with Gasteiger partial charge in [0.2, 0.25) is 106 Å². The Morgan fingerprint density at radius 1 is 0.570 bits per heavy atom. The van der Waals surface area contributed by atoms with Crippen LogP contribution in [-0.2, 0) is 126 Å². The van der Waals surface area contributed by atoms with Crippen LogP contribution in [0.5, 0.6) is 5.75 Å². The van der Waals surface area contributed by atoms with Crippen molar-refractivity contribution in [2.45, 2.75) is 261 Å². The van der Waals surface area contributed by atoms with Gasteiger partial charge < -0.3 is 135 Å². The first kappa shape index (κ1) is 120. The summed E-state index contributed by atoms with van der Waals surface area (Å²) in [6, 6.07) is -2.70. The number of Topliss-reactive ketones (excluding diaryl/α,β-unsaturated/α-hetero) is 1. The molecule has 8 rings (SSSR count). The molecule has 5 aromatic rings. The van der Waals surface area contributed by atoms with Gasteiger partial charge in [-0.1, -0.05) is 116 Å². The summed E-state index contributed by atoms with van der Waals surface area (Å²) in [5.41, 5.74) is 20.5. The number of terminal acetylenes is 1. The molecule has 0 unspecified atom stereocenters. The number of hydrogen-bond acceptors (Lipinski definition) is 26. The minimum absolute atomic E-state index is 0.0407. The third-order valence-corrected chi connectivity index (χ3v) is 27.2. The van der Waals surface area contributed by atoms with E-state index in [1.807, 2.05) is 13.8 Å². The van der Waals surface area contributed by atoms with Crippen LogP contribution in [0.1, 0.15) is 161 Å². The number of phenolic OH excluding ortho intramolecular Hbond substituents is 1. The van der Waals surface area contributed by atoms with Crippen molar-refractivity contribution in [3.63, 3.8) is 0 Å². The highest BCUT2D eigenvalue weighted by molar-refractivity contribution is 8.00. The third kappa shape index (κ3) is 34.8. The molecule has 2 aromatic heterocycles. The SMILES string of the molecule is C#CC[C@H](NC(=O)CNC(=O)CNC(=O)CNC(=O)[C@@H]1CSCC(=O)N[C@@H](Cc2ccc(O)cc2)C(=O)N(C)[C@@H](C)C(=O)N[C@@H](CC(N)=O)C(=O)N2CCC[C@H]2C(=O)N[C@@H](CN)C(=O)N[C@@H](CC(C)C)C(=O)N2C[C@H](O)C[C@H]2C(=O)C[C@@H](Cc2c[nH]c3ccccc23)C(=O)N[C@@H](CCN)C(=O)N[C@@H](Cc2cn(CC(=O)O)c3ccccc23)C(=O)N(C)[C@@H](CCCC)C(=O)N(C)[C@@H](CCCC)C(=O)N[C@@H](CC(C)C)C(=O)N1)C(=O)O. The zero-order valence-electron chi connectivity index (χ0n) is 85.5. The number of likely N-dealkylation sites (N-methyl/N-ethyl adjacent to an activating group) is 3. The Bertz CT molecular complexity index is 5690. The van der Waals surface area contributed by atoms with Crippen LogP contribution < -0.4 is 81.0 Å². The molecule has 18 amide bonds. The molecule has 23 N–H and O–H groups in total. The van der Waals surface area contributed by atoms with Crippen LogP contribution in [0.4, 0.5) is 0 Å². The van der Waals surface area contributed by atoms with E-state index < -0.39 is 297 Å². The molecule has 3 aliphatic rings. The lowest BCUT2D eigenvalue weighted by Gasteiger charge is -2.36. The molecule has 149 heavy (non-hydrogen) atoms. The molecule has 3 aliphatic heterocycles. The van der Waals surface area contributed by atoms with Crippen LogP contribution >= 0.6 is 11.8 Å². The number of amides is 18. The Balaban J connectivity index is 1.20. The van der Waals surface area contributed by atoms with Crippen LogP contribution in [0.15, 0.2) is 85.2 Å². The maximum Gasteiger partial charge on any atom is 0.327 e. The first-order valence-corrected chi connectivity index (χ1v) is 51.1. The number of fused-ring (bicyclic) bond motifs is 4. The summed E-state index contributed by atoms with van der Waals surface area (Å²) >= 11 is 0.704. The molecule has 16 atom stereocenters. The van der Waals surface area contributed by atoms with E-state index in [1.165, 1.54) is 63.1 Å². The normalized spacial score (nSPS) is 23.7. The van der Waals surface area contributed by atoms with Gasteiger partial charge in [-0.15, -0.1) is 24.1 Å². The maximum absolute atomic E-state index is 16.1. The average Bonchev–Trinajstić information content (AvgIpc) is 1.66. The van der Waals surface area contributed by atoms with Gasteiger partial charge in [0.25, 0.3) is 0 Å². The molecule has 812 valence electrons. The topological polar surface area (TPSA) is 699 Å². The standard InChI is InChI=1S/C101H142N22O25S/c1-12-15-26-77-94(140)112-69(37-55(4)5)92(138)117-75(90(136)108-48-84(129)106-47-83(128)107-49-85(130)109-68(22-14-3)101(147)148)53-149-54-86(131)110-71(39-58-30-32-62(124)33-31-58)96(142)118(9)57(8)88(134)113-73(44-82(104)127)98(144)122-36-21-29-78(122)95(141)116-74(45-103)93(139)114-70(38-56(6)7)99(145)123-51-63(125)43-80(123)81(126)42-59(40-60-46-105-66-25-19-17-23-64(60)66)89(135)111-67(34-35-102)91(137)115-72(97(143)120(11)79(27-16-13-2)100(146)119(77)10)41-61-50-121(52-87(132)133)76-28-20-18-24-65(61)76/h3,17-20,23-25,28,30-33,46,50,55-57,59,63,67-75,77-80,105,124-125H,12-13,15-16,21-22,26-27,29,34-45,47-49,51-54,102-103H2,1-2,4-11H3,(H2,104,127)(H,106,129)(H,107,128)(H,108,136)(H,109,130)(H,110,131)(H,111,135)(H,112,140)(H,113,134)(H,114,139)(H,115,137)(H,116,141)(H,117,138)(H,132,133)(H,147,148)/t57-,59+,63+,67-,68-,69-,70-,71-,72-,73-,74-,75-,77-,78-,79-,80-/m0/s1. The third-order valence-electron chi connectivity index (χ3n) is 26.2. The summed E-state index contributed by atoms with van der Waals surface area (Å²) in [6.07, 6.45) is 4.78. The van der Waals surface area contributed by atoms with E-state index >= 15 is 38.4 Å². The molecule has 0 saturated carbocycles. The smallest absolute Gasteiger partial charge is 0.327 e. The Kier molecular flexibility index (Phi) is 46.3. The first-order valence-electron chi connectivity index (χ1n) is 49.9. The number of unbranched alkanes of at least 4 members (excludes halogenated alkanes) is 2. The van der Waals surface area contributed by atoms with Crippen molar-refractivity contribution >= 4 is 158 Å². The van der Waals surface area contributed by atoms with Gasteiger partial charge in [0.15, 0.2) is 5.78 Å². The second-order valence-electron chi connectivity index (χ2n) is 38.6. The number of primary amides is 1. The fourth-order valence-corrected chi connectivity index (χ4v) is 19.0. The number of ketones is 1. The lowest BCUT2D eigenvalue weighted by atomic mass is 9.90. The summed E-state index contributed by atoms with van der Waals surface area (Å²) in [7, 11) is 3.83. The number of carboxylic acids is 2. The minimum atomic E-state index is -1.81. The molecule has 0 bridgehead atoms. The number of para-hydroxylation sites is 2. The van der Waals surface area contributed by atoms with Crippen LogP contribution in [0.2, 0.25) is 0 Å². The predicted molar refractivity (Wildman–Crippen MR) is 546 cm³/mol. The number of aromatic hydroxyl groups is 1. The van der Waals surface area contributed by atoms with E-state index in [0.29, 0.717) is 63.1 Å². The lowest BCUT2D eigenvalue weighted by Crippen LogP contribution is -2.61. The number of carbonyl (C=O) groups excluding carboxylic acids is 19. The van der Waals surface area contributed by atoms with Crippen molar-refractivity contribution in [1.29, 1.82) is 0 Å². The number of aliphatic hydroxyl groups excluding tert-OH is 1. The van der Waals surface area contributed by atoms with E-state index in [-0.39, 0.29) is 108 Å². The summed E-state index contributed by atoms with van der Waals surface area (Å²) in [5, 5.41) is 72.9. The number of nitrogens with two attached hydrogens (primary N) is 3. The molecular formula is C101H142N22O25S. The summed E-state index contributed by atoms with van der Waals surface area (Å²) in [4.78, 5) is 312. The summed E-state index contributed by atoms with van der Waals surface area (Å²) < 4.78 is 1.43. The summed E-state index contributed by atoms with van der Waals surface area (Å²) in [5.74, 6) is -22.1. The number of hydrogen-bond donors (Lipinski definition) is 20. The van der Waals surface area contributed by atoms with Gasteiger partial charge in [0, 0.05) is 119 Å². The Morgan fingerprint density at radius 2 is 1.13 bits per heavy atom. The molecular weight excluding hydrogens is 1950 g/mol. The van der Waals surface area contributed by atoms with E-state index in [1.54, 1.807) is 82.4 Å². The van der Waals surface area contributed by atoms with Crippen molar-refractivity contribution in [2.24, 2.45) is 35.0 Å². The highest BCUT2D eigenvalue weighted by Crippen LogP contribution is 2.31. The number of aliphatic carboxylic acids is 2. The van der Waals surface area contributed by atoms with Gasteiger partial charge >= 0.3 is 11.9 Å². The Hall–Kier alpha value is -14.6. The number of carbonyl (C=O) groups is 21. The van der Waals surface area contributed by atoms with Crippen molar-refractivity contribution < 1.29 is 121 Å². The number of phenols is 1. The average molecular weight is 2100 g/mol. The number of aliphatic hydroxyl groups is 1. The van der Waals surface area contributed by atoms with Gasteiger partial charge in [0.1, 0.15) is 90.8 Å². The number of aromatic amines is 1. The van der Waals surface area contributed by atoms with Crippen LogP contribution in [0.25, 0.3) is 21.8 Å². The van der Waals surface area contributed by atoms with E-state index in [4.69, 9.17) is 23.6 Å². The Morgan fingerprint density at radius 3 is 1.77 bits per heavy atom. The number of thioether (sulfide) groups is 1. The second kappa shape index (κ2) is 57.7. The maximum atomic E-state index is 16.1. The number of H-pyrrole nitrogens is 1.